The van der Waals surface area contributed by atoms with Gasteiger partial charge in [-0.05, 0) is 208 Å². The fourth-order valence-corrected chi connectivity index (χ4v) is 18.9. The van der Waals surface area contributed by atoms with Crippen LogP contribution in [0.5, 0.6) is 0 Å². The molecule has 2 unspecified atom stereocenters. The van der Waals surface area contributed by atoms with Gasteiger partial charge < -0.3 is 13.6 Å². The van der Waals surface area contributed by atoms with E-state index < -0.39 is 16.6 Å². The summed E-state index contributed by atoms with van der Waals surface area (Å²) in [6.07, 6.45) is 29.1. The van der Waals surface area contributed by atoms with Crippen molar-refractivity contribution in [1.29, 1.82) is 0 Å². The maximum Gasteiger partial charge on any atom is 0.193 e. The van der Waals surface area contributed by atoms with Gasteiger partial charge >= 0.3 is 0 Å². The van der Waals surface area contributed by atoms with E-state index >= 15 is 0 Å². The molecule has 0 spiro atoms. The SMILES string of the molecule is C=C1[C@@H](O[Si](C)(C)C(C)(C)C)CC2C[C@]12[C@H](C)/C=C1\CCC[C@]2(C)[C@@H]([C@H](C)/C=C/[C@H](C)C(C)C)CC[C@@H]12.C[C@H](C=O)[C@H]1CC[C@H]2/C(=C/[C@@H](C)[C@]34CC3C[C@H](O[Si](C)(C)C(C)(C)C)C4=O)CCC[C@]12C.OOO. The van der Waals surface area contributed by atoms with Gasteiger partial charge in [0.15, 0.2) is 22.4 Å². The van der Waals surface area contributed by atoms with E-state index in [0.717, 1.165) is 36.5 Å². The lowest BCUT2D eigenvalue weighted by atomic mass is 9.60. The first-order valence-electron chi connectivity index (χ1n) is 29.3. The molecule has 8 aliphatic rings. The van der Waals surface area contributed by atoms with Crippen LogP contribution in [0.2, 0.25) is 36.3 Å². The Kier molecular flexibility index (Phi) is 18.1. The van der Waals surface area contributed by atoms with Crippen molar-refractivity contribution in [1.82, 2.24) is 0 Å². The van der Waals surface area contributed by atoms with Gasteiger partial charge in [0.2, 0.25) is 0 Å². The van der Waals surface area contributed by atoms with Gasteiger partial charge in [-0.25, -0.2) is 10.5 Å². The van der Waals surface area contributed by atoms with Crippen molar-refractivity contribution in [3.63, 3.8) is 0 Å². The van der Waals surface area contributed by atoms with E-state index in [0.29, 0.717) is 58.0 Å². The third-order valence-electron chi connectivity index (χ3n) is 23.4. The van der Waals surface area contributed by atoms with Crippen LogP contribution in [0.4, 0.5) is 0 Å². The van der Waals surface area contributed by atoms with Crippen LogP contribution in [0, 0.1) is 92.7 Å². The summed E-state index contributed by atoms with van der Waals surface area (Å²) in [7, 11) is -3.72. The first-order valence-corrected chi connectivity index (χ1v) is 35.1. The molecule has 0 aliphatic heterocycles. The maximum atomic E-state index is 13.7. The molecule has 9 heteroatoms. The Morgan fingerprint density at radius 1 is 0.653 bits per heavy atom. The van der Waals surface area contributed by atoms with Crippen molar-refractivity contribution in [3.05, 3.63) is 47.6 Å². The highest BCUT2D eigenvalue weighted by molar-refractivity contribution is 6.74. The zero-order chi connectivity index (χ0) is 53.9. The molecule has 8 fully saturated rings. The van der Waals surface area contributed by atoms with Crippen LogP contribution in [0.15, 0.2) is 47.6 Å². The van der Waals surface area contributed by atoms with Crippen LogP contribution in [0.25, 0.3) is 0 Å². The molecule has 2 N–H and O–H groups in total. The number of fused-ring (bicyclic) bond motifs is 4. The van der Waals surface area contributed by atoms with Gasteiger partial charge in [-0.15, -0.1) is 0 Å². The largest absolute Gasteiger partial charge is 0.410 e. The van der Waals surface area contributed by atoms with Crippen molar-refractivity contribution in [2.24, 2.45) is 92.7 Å². The summed E-state index contributed by atoms with van der Waals surface area (Å²) in [6, 6.07) is 0. The van der Waals surface area contributed by atoms with E-state index in [1.807, 2.05) is 0 Å². The van der Waals surface area contributed by atoms with Gasteiger partial charge in [0, 0.05) is 16.7 Å². The molecule has 17 atom stereocenters. The predicted molar refractivity (Wildman–Crippen MR) is 303 cm³/mol. The molecule has 410 valence electrons. The Morgan fingerprint density at radius 2 is 1.07 bits per heavy atom. The van der Waals surface area contributed by atoms with Gasteiger partial charge in [0.25, 0.3) is 0 Å². The van der Waals surface area contributed by atoms with E-state index in [1.165, 1.54) is 88.9 Å². The molecule has 0 heterocycles. The Morgan fingerprint density at radius 3 is 1.53 bits per heavy atom. The Labute approximate surface area is 443 Å². The summed E-state index contributed by atoms with van der Waals surface area (Å²) in [6.45, 7) is 49.5. The lowest BCUT2D eigenvalue weighted by Gasteiger charge is -2.44. The zero-order valence-electron chi connectivity index (χ0n) is 49.5. The molecule has 0 radical (unpaired) electrons. The highest BCUT2D eigenvalue weighted by Gasteiger charge is 2.70. The lowest BCUT2D eigenvalue weighted by molar-refractivity contribution is -0.465. The van der Waals surface area contributed by atoms with E-state index in [4.69, 9.17) is 25.9 Å². The Hall–Kier alpha value is -1.47. The van der Waals surface area contributed by atoms with E-state index in [-0.39, 0.29) is 39.0 Å². The average Bonchev–Trinajstić information content (AvgIpc) is 4.02. The number of rotatable bonds is 14. The molecular weight excluding hydrogens is 925 g/mol. The van der Waals surface area contributed by atoms with Gasteiger partial charge in [0.05, 0.1) is 6.10 Å². The monoisotopic (exact) mass is 1030 g/mol. The first-order chi connectivity index (χ1) is 33.2. The molecule has 0 saturated heterocycles. The van der Waals surface area contributed by atoms with Crippen LogP contribution < -0.4 is 0 Å². The van der Waals surface area contributed by atoms with E-state index in [2.05, 4.69) is 159 Å². The minimum Gasteiger partial charge on any atom is -0.410 e. The summed E-state index contributed by atoms with van der Waals surface area (Å²) in [5, 5.41) is 15.9. The molecule has 0 amide bonds. The normalized spacial score (nSPS) is 39.6. The third kappa shape index (κ3) is 11.1. The second-order valence-electron chi connectivity index (χ2n) is 29.7. The highest BCUT2D eigenvalue weighted by Crippen LogP contribution is 2.72. The number of carbonyl (C=O) groups is 2. The molecular formula is C63H108O7Si2. The molecule has 0 aromatic rings. The van der Waals surface area contributed by atoms with Gasteiger partial charge in [0.1, 0.15) is 12.4 Å². The second-order valence-corrected chi connectivity index (χ2v) is 39.2. The summed E-state index contributed by atoms with van der Waals surface area (Å²) in [5.41, 5.74) is 5.70. The fraction of sp³-hybridized carbons (Fsp3) is 0.841. The Balaban J connectivity index is 0.000000225. The quantitative estimate of drug-likeness (QED) is 0.0587. The first kappa shape index (κ1) is 59.8. The van der Waals surface area contributed by atoms with Gasteiger partial charge in [-0.2, -0.15) is 0 Å². The van der Waals surface area contributed by atoms with Gasteiger partial charge in [-0.1, -0.05) is 151 Å². The van der Waals surface area contributed by atoms with Crippen LogP contribution in [-0.2, 0) is 23.5 Å². The number of allylic oxidation sites excluding steroid dienone is 6. The average molecular weight is 1030 g/mol. The van der Waals surface area contributed by atoms with Crippen molar-refractivity contribution in [2.75, 3.05) is 0 Å². The number of hydrogen-bond acceptors (Lipinski definition) is 7. The summed E-state index contributed by atoms with van der Waals surface area (Å²) in [5.74, 6) is 7.53. The number of aldehydes is 1. The van der Waals surface area contributed by atoms with E-state index in [9.17, 15) is 9.59 Å². The topological polar surface area (TPSA) is 102 Å². The maximum absolute atomic E-state index is 13.7. The molecule has 0 aromatic carbocycles. The molecule has 0 aromatic heterocycles. The smallest absolute Gasteiger partial charge is 0.193 e. The van der Waals surface area contributed by atoms with Crippen molar-refractivity contribution >= 4 is 28.7 Å². The second kappa shape index (κ2) is 21.8. The highest BCUT2D eigenvalue weighted by atomic mass is 28.4. The van der Waals surface area contributed by atoms with Crippen LogP contribution in [-0.4, -0.2) is 51.4 Å². The number of ketones is 1. The molecule has 7 nitrogen and oxygen atoms in total. The van der Waals surface area contributed by atoms with Crippen molar-refractivity contribution in [3.8, 4) is 0 Å². The van der Waals surface area contributed by atoms with E-state index in [1.54, 1.807) is 11.1 Å². The number of hydrogen-bond donors (Lipinski definition) is 2. The summed E-state index contributed by atoms with van der Waals surface area (Å²) < 4.78 is 13.5. The molecule has 8 saturated carbocycles. The van der Waals surface area contributed by atoms with Crippen molar-refractivity contribution < 1.29 is 34.0 Å². The van der Waals surface area contributed by atoms with Crippen LogP contribution >= 0.6 is 0 Å². The summed E-state index contributed by atoms with van der Waals surface area (Å²) >= 11 is 0. The third-order valence-corrected chi connectivity index (χ3v) is 32.4. The van der Waals surface area contributed by atoms with Gasteiger partial charge in [-0.3, -0.25) is 4.79 Å². The minimum absolute atomic E-state index is 0.130. The van der Waals surface area contributed by atoms with Crippen molar-refractivity contribution in [2.45, 2.75) is 242 Å². The minimum atomic E-state index is -1.95. The number of carbonyl (C=O) groups excluding carboxylic acids is 2. The molecule has 8 aliphatic carbocycles. The Bertz CT molecular complexity index is 2040. The lowest BCUT2D eigenvalue weighted by Crippen LogP contribution is -2.46. The number of Topliss-reactive ketones (excluding diaryl/α,β-unsaturated/α-hetero) is 1. The molecule has 8 rings (SSSR count). The molecule has 0 bridgehead atoms. The zero-order valence-corrected chi connectivity index (χ0v) is 51.5. The standard InChI is InChI=1S/C35H60OSi.C28H46O3Si.H2O3/c1-23(2)24(3)15-16-25(4)30-17-18-31-28(14-13-19-34(30,31)10)20-26(5)35-22-29(35)21-32(27(35)6)36-37(11,12)33(7,8)9;1-18(17-29)22-11-12-23-20(10-9-13-27(22,23)6)14-19(2)28-16-21(28)15-24(25(28)30)31-32(7,8)26(3,4)5;1-3-2/h15-16,20,23-26,29-32H,6,13-14,17-19,21-22H2,1-5,7-12H3;14,17-19,21-24H,9-13,15-16H2,1-8H3;1-2H/b16-15+,28-20+;20-14+;/t24-,25+,26+,29?,30+,31-,32-,34+,35-;18-,19-,21?,22-,23+,24+,27-,28-;/m01./s1. The fourth-order valence-electron chi connectivity index (χ4n) is 16.3. The summed E-state index contributed by atoms with van der Waals surface area (Å²) in [4.78, 5) is 25.2. The van der Waals surface area contributed by atoms with Crippen LogP contribution in [0.3, 0.4) is 0 Å². The predicted octanol–water partition coefficient (Wildman–Crippen LogP) is 17.5. The molecule has 72 heavy (non-hydrogen) atoms. The van der Waals surface area contributed by atoms with Crippen LogP contribution in [0.1, 0.15) is 194 Å².